The highest BCUT2D eigenvalue weighted by atomic mass is 32.2. The summed E-state index contributed by atoms with van der Waals surface area (Å²) in [6.45, 7) is 4.28. The van der Waals surface area contributed by atoms with Crippen LogP contribution in [0.25, 0.3) is 0 Å². The molecule has 1 unspecified atom stereocenters. The lowest BCUT2D eigenvalue weighted by Crippen LogP contribution is -2.34. The molecule has 0 fully saturated rings. The molecule has 0 aliphatic rings. The second-order valence-corrected chi connectivity index (χ2v) is 6.27. The molecule has 5 nitrogen and oxygen atoms in total. The monoisotopic (exact) mass is 302 g/mol. The van der Waals surface area contributed by atoms with E-state index >= 15 is 0 Å². The highest BCUT2D eigenvalue weighted by molar-refractivity contribution is 7.86. The zero-order chi connectivity index (χ0) is 15.3. The lowest BCUT2D eigenvalue weighted by molar-refractivity contribution is -0.150. The molecular formula is C11H20F2O5S. The van der Waals surface area contributed by atoms with Crippen LogP contribution in [-0.4, -0.2) is 30.8 Å². The molecule has 0 aliphatic heterocycles. The Morgan fingerprint density at radius 2 is 1.89 bits per heavy atom. The van der Waals surface area contributed by atoms with E-state index in [0.717, 1.165) is 6.42 Å². The van der Waals surface area contributed by atoms with Gasteiger partial charge in [-0.2, -0.15) is 17.2 Å². The molecule has 0 radical (unpaired) electrons. The van der Waals surface area contributed by atoms with Gasteiger partial charge in [0.15, 0.2) is 6.61 Å². The third kappa shape index (κ3) is 6.29. The number of hydrogen-bond acceptors (Lipinski definition) is 4. The molecule has 0 bridgehead atoms. The molecule has 0 amide bonds. The third-order valence-corrected chi connectivity index (χ3v) is 3.84. The van der Waals surface area contributed by atoms with E-state index in [-0.39, 0.29) is 12.3 Å². The van der Waals surface area contributed by atoms with Gasteiger partial charge in [-0.05, 0) is 18.3 Å². The molecule has 0 saturated heterocycles. The quantitative estimate of drug-likeness (QED) is 0.550. The van der Waals surface area contributed by atoms with Crippen molar-refractivity contribution in [1.82, 2.24) is 0 Å². The molecule has 1 N–H and O–H groups in total. The van der Waals surface area contributed by atoms with Gasteiger partial charge in [0.25, 0.3) is 0 Å². The van der Waals surface area contributed by atoms with E-state index in [1.54, 1.807) is 0 Å². The van der Waals surface area contributed by atoms with Gasteiger partial charge in [0.05, 0.1) is 0 Å². The Hall–Kier alpha value is -0.760. The molecule has 8 heteroatoms. The number of halogens is 2. The Morgan fingerprint density at radius 1 is 1.37 bits per heavy atom. The van der Waals surface area contributed by atoms with Crippen LogP contribution in [0.4, 0.5) is 8.78 Å². The van der Waals surface area contributed by atoms with Crippen LogP contribution in [0.3, 0.4) is 0 Å². The Kier molecular flexibility index (Phi) is 6.85. The van der Waals surface area contributed by atoms with Gasteiger partial charge in [-0.15, -0.1) is 0 Å². The van der Waals surface area contributed by atoms with E-state index in [9.17, 15) is 22.0 Å². The number of ether oxygens (including phenoxy) is 1. The van der Waals surface area contributed by atoms with Crippen molar-refractivity contribution in [1.29, 1.82) is 0 Å². The Labute approximate surface area is 112 Å². The molecule has 0 saturated carbocycles. The largest absolute Gasteiger partial charge is 0.458 e. The number of carbonyl (C=O) groups is 1. The summed E-state index contributed by atoms with van der Waals surface area (Å²) in [4.78, 5) is 11.2. The Balaban J connectivity index is 4.21. The highest BCUT2D eigenvalue weighted by Crippen LogP contribution is 2.23. The predicted octanol–water partition coefficient (Wildman–Crippen LogP) is 2.47. The van der Waals surface area contributed by atoms with Crippen molar-refractivity contribution >= 4 is 16.1 Å². The van der Waals surface area contributed by atoms with Crippen LogP contribution in [0.5, 0.6) is 0 Å². The molecule has 0 aliphatic carbocycles. The van der Waals surface area contributed by atoms with Gasteiger partial charge in [0.1, 0.15) is 0 Å². The van der Waals surface area contributed by atoms with Gasteiger partial charge in [0.2, 0.25) is 0 Å². The van der Waals surface area contributed by atoms with E-state index in [2.05, 4.69) is 4.74 Å². The first kappa shape index (κ1) is 18.2. The summed E-state index contributed by atoms with van der Waals surface area (Å²) in [5, 5.41) is -4.47. The maximum Gasteiger partial charge on any atom is 0.402 e. The molecule has 19 heavy (non-hydrogen) atoms. The van der Waals surface area contributed by atoms with Crippen molar-refractivity contribution in [2.24, 2.45) is 11.8 Å². The van der Waals surface area contributed by atoms with E-state index in [1.165, 1.54) is 0 Å². The van der Waals surface area contributed by atoms with Gasteiger partial charge in [0, 0.05) is 6.42 Å². The minimum Gasteiger partial charge on any atom is -0.458 e. The van der Waals surface area contributed by atoms with Crippen molar-refractivity contribution in [2.45, 2.75) is 45.3 Å². The highest BCUT2D eigenvalue weighted by Gasteiger charge is 2.45. The minimum absolute atomic E-state index is 0.0573. The summed E-state index contributed by atoms with van der Waals surface area (Å²) in [6.07, 6.45) is 1.29. The van der Waals surface area contributed by atoms with Gasteiger partial charge < -0.3 is 4.74 Å². The summed E-state index contributed by atoms with van der Waals surface area (Å²) >= 11 is 0. The zero-order valence-corrected chi connectivity index (χ0v) is 12.0. The summed E-state index contributed by atoms with van der Waals surface area (Å²) in [5.74, 6) is -0.269. The van der Waals surface area contributed by atoms with E-state index < -0.39 is 27.9 Å². The standard InChI is InChI=1S/C11H20F2O5S/c1-4-9(8(2)3)5-6-10(14)18-7-11(12,13)19(15,16)17/h8-9H,4-7H2,1-3H3,(H,15,16,17). The summed E-state index contributed by atoms with van der Waals surface area (Å²) < 4.78 is 58.5. The lowest BCUT2D eigenvalue weighted by Gasteiger charge is -2.18. The van der Waals surface area contributed by atoms with Crippen LogP contribution in [0.15, 0.2) is 0 Å². The van der Waals surface area contributed by atoms with Crippen molar-refractivity contribution in [3.8, 4) is 0 Å². The first-order chi connectivity index (χ1) is 8.51. The second-order valence-electron chi connectivity index (χ2n) is 4.72. The molecule has 0 aromatic rings. The average molecular weight is 302 g/mol. The molecule has 0 rings (SSSR count). The van der Waals surface area contributed by atoms with E-state index in [0.29, 0.717) is 12.3 Å². The molecule has 114 valence electrons. The number of esters is 1. The molecule has 1 atom stereocenters. The van der Waals surface area contributed by atoms with Crippen molar-refractivity contribution in [3.05, 3.63) is 0 Å². The first-order valence-electron chi connectivity index (χ1n) is 6.01. The summed E-state index contributed by atoms with van der Waals surface area (Å²) in [7, 11) is -5.56. The SMILES string of the molecule is CCC(CCC(=O)OCC(F)(F)S(=O)(=O)O)C(C)C. The fourth-order valence-corrected chi connectivity index (χ4v) is 1.83. The smallest absolute Gasteiger partial charge is 0.402 e. The predicted molar refractivity (Wildman–Crippen MR) is 65.3 cm³/mol. The van der Waals surface area contributed by atoms with Crippen LogP contribution in [-0.2, 0) is 19.6 Å². The average Bonchev–Trinajstić information content (AvgIpc) is 2.25. The van der Waals surface area contributed by atoms with Gasteiger partial charge in [-0.3, -0.25) is 9.35 Å². The third-order valence-electron chi connectivity index (χ3n) is 2.97. The number of hydrogen-bond donors (Lipinski definition) is 1. The maximum absolute atomic E-state index is 12.8. The molecule has 0 spiro atoms. The summed E-state index contributed by atoms with van der Waals surface area (Å²) in [6, 6.07) is 0. The van der Waals surface area contributed by atoms with Gasteiger partial charge in [-0.1, -0.05) is 27.2 Å². The van der Waals surface area contributed by atoms with Crippen molar-refractivity contribution < 1.29 is 31.3 Å². The Bertz CT molecular complexity index is 392. The second kappa shape index (κ2) is 7.14. The Morgan fingerprint density at radius 3 is 2.26 bits per heavy atom. The fraction of sp³-hybridized carbons (Fsp3) is 0.909. The van der Waals surface area contributed by atoms with E-state index in [4.69, 9.17) is 4.55 Å². The molecular weight excluding hydrogens is 282 g/mol. The molecule has 0 aromatic heterocycles. The van der Waals surface area contributed by atoms with E-state index in [1.807, 2.05) is 20.8 Å². The molecule has 0 aromatic carbocycles. The molecule has 0 heterocycles. The number of rotatable bonds is 8. The van der Waals surface area contributed by atoms with Crippen LogP contribution in [0.1, 0.15) is 40.0 Å². The normalized spacial score (nSPS) is 14.5. The van der Waals surface area contributed by atoms with Gasteiger partial charge >= 0.3 is 21.3 Å². The lowest BCUT2D eigenvalue weighted by atomic mass is 9.89. The summed E-state index contributed by atoms with van der Waals surface area (Å²) in [5.41, 5.74) is 0. The van der Waals surface area contributed by atoms with Crippen LogP contribution >= 0.6 is 0 Å². The zero-order valence-electron chi connectivity index (χ0n) is 11.2. The topological polar surface area (TPSA) is 80.7 Å². The van der Waals surface area contributed by atoms with Crippen LogP contribution < -0.4 is 0 Å². The van der Waals surface area contributed by atoms with Crippen molar-refractivity contribution in [2.75, 3.05) is 6.61 Å². The fourth-order valence-electron chi connectivity index (χ4n) is 1.62. The van der Waals surface area contributed by atoms with Gasteiger partial charge in [-0.25, -0.2) is 0 Å². The van der Waals surface area contributed by atoms with Crippen LogP contribution in [0, 0.1) is 11.8 Å². The van der Waals surface area contributed by atoms with Crippen molar-refractivity contribution in [3.63, 3.8) is 0 Å². The minimum atomic E-state index is -5.56. The number of carbonyl (C=O) groups excluding carboxylic acids is 1. The maximum atomic E-state index is 12.8. The number of alkyl halides is 2. The van der Waals surface area contributed by atoms with Crippen LogP contribution in [0.2, 0.25) is 0 Å². The first-order valence-corrected chi connectivity index (χ1v) is 7.45.